The zero-order valence-electron chi connectivity index (χ0n) is 8.84. The van der Waals surface area contributed by atoms with Crippen LogP contribution >= 0.6 is 34.8 Å². The van der Waals surface area contributed by atoms with Crippen LogP contribution in [0.2, 0.25) is 15.1 Å². The van der Waals surface area contributed by atoms with Crippen LogP contribution in [0.1, 0.15) is 6.92 Å². The lowest BCUT2D eigenvalue weighted by Gasteiger charge is -2.09. The van der Waals surface area contributed by atoms with Crippen LogP contribution in [0.4, 0.5) is 0 Å². The van der Waals surface area contributed by atoms with E-state index in [0.717, 1.165) is 6.08 Å². The zero-order valence-corrected chi connectivity index (χ0v) is 11.1. The molecule has 0 atom stereocenters. The number of benzene rings is 1. The standard InChI is InChI=1S/C11H9Cl3O3/c1-6(2-11(15)16)5-17-10-4-8(13)7(12)3-9(10)14/h2-4H,5H2,1H3,(H,15,16). The third kappa shape index (κ3) is 4.46. The Morgan fingerprint density at radius 3 is 2.47 bits per heavy atom. The number of hydrogen-bond donors (Lipinski definition) is 1. The van der Waals surface area contributed by atoms with Crippen LogP contribution in [0.5, 0.6) is 5.75 Å². The average molecular weight is 296 g/mol. The van der Waals surface area contributed by atoms with Gasteiger partial charge in [0.05, 0.1) is 15.1 Å². The fraction of sp³-hybridized carbons (Fsp3) is 0.182. The van der Waals surface area contributed by atoms with E-state index in [4.69, 9.17) is 44.6 Å². The molecule has 0 amide bonds. The zero-order chi connectivity index (χ0) is 13.0. The van der Waals surface area contributed by atoms with Crippen LogP contribution in [0.25, 0.3) is 0 Å². The molecule has 0 heterocycles. The van der Waals surface area contributed by atoms with Crippen molar-refractivity contribution in [2.75, 3.05) is 6.61 Å². The predicted molar refractivity (Wildman–Crippen MR) is 68.4 cm³/mol. The van der Waals surface area contributed by atoms with Crippen LogP contribution in [0.3, 0.4) is 0 Å². The molecule has 17 heavy (non-hydrogen) atoms. The molecule has 1 rings (SSSR count). The van der Waals surface area contributed by atoms with Crippen molar-refractivity contribution >= 4 is 40.8 Å². The summed E-state index contributed by atoms with van der Waals surface area (Å²) in [5, 5.41) is 9.50. The molecule has 0 aliphatic rings. The van der Waals surface area contributed by atoms with Gasteiger partial charge >= 0.3 is 5.97 Å². The van der Waals surface area contributed by atoms with E-state index in [1.54, 1.807) is 6.92 Å². The first-order valence-electron chi connectivity index (χ1n) is 4.57. The van der Waals surface area contributed by atoms with Crippen molar-refractivity contribution in [1.82, 2.24) is 0 Å². The molecule has 1 aromatic rings. The summed E-state index contributed by atoms with van der Waals surface area (Å²) in [6.45, 7) is 1.75. The Morgan fingerprint density at radius 1 is 1.29 bits per heavy atom. The quantitative estimate of drug-likeness (QED) is 0.673. The summed E-state index contributed by atoms with van der Waals surface area (Å²) in [6.07, 6.45) is 1.06. The molecule has 0 saturated carbocycles. The summed E-state index contributed by atoms with van der Waals surface area (Å²) in [5.41, 5.74) is 0.555. The Hall–Kier alpha value is -0.900. The Labute approximate surface area is 114 Å². The first kappa shape index (κ1) is 14.2. The maximum atomic E-state index is 10.4. The van der Waals surface area contributed by atoms with Crippen molar-refractivity contribution < 1.29 is 14.6 Å². The van der Waals surface area contributed by atoms with Crippen LogP contribution < -0.4 is 4.74 Å². The predicted octanol–water partition coefficient (Wildman–Crippen LogP) is 4.06. The number of hydrogen-bond acceptors (Lipinski definition) is 2. The lowest BCUT2D eigenvalue weighted by Crippen LogP contribution is -2.01. The lowest BCUT2D eigenvalue weighted by molar-refractivity contribution is -0.131. The maximum Gasteiger partial charge on any atom is 0.328 e. The third-order valence-corrected chi connectivity index (χ3v) is 2.82. The molecule has 92 valence electrons. The number of carboxylic acid groups (broad SMARTS) is 1. The SMILES string of the molecule is CC(=CC(=O)O)COc1cc(Cl)c(Cl)cc1Cl. The number of aliphatic carboxylic acids is 1. The van der Waals surface area contributed by atoms with E-state index in [-0.39, 0.29) is 6.61 Å². The first-order chi connectivity index (χ1) is 7.90. The summed E-state index contributed by atoms with van der Waals surface area (Å²) in [4.78, 5) is 10.4. The van der Waals surface area contributed by atoms with Gasteiger partial charge in [-0.15, -0.1) is 0 Å². The minimum Gasteiger partial charge on any atom is -0.488 e. The van der Waals surface area contributed by atoms with Gasteiger partial charge < -0.3 is 9.84 Å². The van der Waals surface area contributed by atoms with Gasteiger partial charge in [0.1, 0.15) is 12.4 Å². The second-order valence-electron chi connectivity index (χ2n) is 3.31. The summed E-state index contributed by atoms with van der Waals surface area (Å²) >= 11 is 17.4. The molecule has 1 N–H and O–H groups in total. The van der Waals surface area contributed by atoms with E-state index in [0.29, 0.717) is 26.4 Å². The minimum atomic E-state index is -1.02. The van der Waals surface area contributed by atoms with E-state index in [2.05, 4.69) is 0 Å². The molecule has 6 heteroatoms. The van der Waals surface area contributed by atoms with Gasteiger partial charge in [0.2, 0.25) is 0 Å². The van der Waals surface area contributed by atoms with Crippen LogP contribution in [-0.2, 0) is 4.79 Å². The number of halogens is 3. The molecule has 3 nitrogen and oxygen atoms in total. The smallest absolute Gasteiger partial charge is 0.328 e. The number of rotatable bonds is 4. The van der Waals surface area contributed by atoms with E-state index >= 15 is 0 Å². The van der Waals surface area contributed by atoms with Crippen LogP contribution in [0.15, 0.2) is 23.8 Å². The fourth-order valence-electron chi connectivity index (χ4n) is 1.06. The molecule has 0 spiro atoms. The summed E-state index contributed by atoms with van der Waals surface area (Å²) in [6, 6.07) is 2.96. The summed E-state index contributed by atoms with van der Waals surface area (Å²) in [7, 11) is 0. The normalized spacial score (nSPS) is 11.4. The second kappa shape index (κ2) is 6.15. The van der Waals surface area contributed by atoms with Gasteiger partial charge in [-0.05, 0) is 18.6 Å². The van der Waals surface area contributed by atoms with Crippen molar-refractivity contribution in [1.29, 1.82) is 0 Å². The van der Waals surface area contributed by atoms with Crippen LogP contribution in [0, 0.1) is 0 Å². The van der Waals surface area contributed by atoms with Gasteiger partial charge in [0.15, 0.2) is 0 Å². The minimum absolute atomic E-state index is 0.115. The van der Waals surface area contributed by atoms with E-state index in [1.807, 2.05) is 0 Å². The second-order valence-corrected chi connectivity index (χ2v) is 4.54. The maximum absolute atomic E-state index is 10.4. The van der Waals surface area contributed by atoms with Crippen molar-refractivity contribution in [3.63, 3.8) is 0 Å². The lowest BCUT2D eigenvalue weighted by atomic mass is 10.3. The molecule has 0 aliphatic carbocycles. The molecular weight excluding hydrogens is 286 g/mol. The van der Waals surface area contributed by atoms with Crippen molar-refractivity contribution in [2.24, 2.45) is 0 Å². The first-order valence-corrected chi connectivity index (χ1v) is 5.71. The Kier molecular flexibility index (Phi) is 5.12. The van der Waals surface area contributed by atoms with E-state index in [1.165, 1.54) is 12.1 Å². The Bertz CT molecular complexity index is 469. The topological polar surface area (TPSA) is 46.5 Å². The molecular formula is C11H9Cl3O3. The van der Waals surface area contributed by atoms with E-state index in [9.17, 15) is 4.79 Å². The van der Waals surface area contributed by atoms with Gasteiger partial charge in [0, 0.05) is 12.1 Å². The van der Waals surface area contributed by atoms with Crippen molar-refractivity contribution in [3.05, 3.63) is 38.8 Å². The highest BCUT2D eigenvalue weighted by Crippen LogP contribution is 2.33. The molecule has 0 fully saturated rings. The number of carboxylic acids is 1. The molecule has 0 bridgehead atoms. The molecule has 1 aromatic carbocycles. The summed E-state index contributed by atoms with van der Waals surface area (Å²) < 4.78 is 5.33. The molecule has 0 unspecified atom stereocenters. The highest BCUT2D eigenvalue weighted by Gasteiger charge is 2.07. The summed E-state index contributed by atoms with van der Waals surface area (Å²) in [5.74, 6) is -0.662. The average Bonchev–Trinajstić information content (AvgIpc) is 2.20. The largest absolute Gasteiger partial charge is 0.488 e. The third-order valence-electron chi connectivity index (χ3n) is 1.80. The Morgan fingerprint density at radius 2 is 1.88 bits per heavy atom. The van der Waals surface area contributed by atoms with E-state index < -0.39 is 5.97 Å². The number of carbonyl (C=O) groups is 1. The van der Waals surface area contributed by atoms with Gasteiger partial charge in [-0.2, -0.15) is 0 Å². The van der Waals surface area contributed by atoms with Gasteiger partial charge in [0.25, 0.3) is 0 Å². The van der Waals surface area contributed by atoms with Crippen molar-refractivity contribution in [2.45, 2.75) is 6.92 Å². The highest BCUT2D eigenvalue weighted by molar-refractivity contribution is 6.43. The van der Waals surface area contributed by atoms with Crippen LogP contribution in [-0.4, -0.2) is 17.7 Å². The molecule has 0 radical (unpaired) electrons. The highest BCUT2D eigenvalue weighted by atomic mass is 35.5. The monoisotopic (exact) mass is 294 g/mol. The van der Waals surface area contributed by atoms with Gasteiger partial charge in [-0.3, -0.25) is 0 Å². The molecule has 0 aliphatic heterocycles. The van der Waals surface area contributed by atoms with Gasteiger partial charge in [-0.1, -0.05) is 34.8 Å². The Balaban J connectivity index is 2.76. The molecule has 0 aromatic heterocycles. The van der Waals surface area contributed by atoms with Crippen molar-refractivity contribution in [3.8, 4) is 5.75 Å². The number of ether oxygens (including phenoxy) is 1. The molecule has 0 saturated heterocycles. The fourth-order valence-corrected chi connectivity index (χ4v) is 1.65. The van der Waals surface area contributed by atoms with Gasteiger partial charge in [-0.25, -0.2) is 4.79 Å².